The van der Waals surface area contributed by atoms with Crippen LogP contribution in [0.1, 0.15) is 27.2 Å². The molecule has 0 radical (unpaired) electrons. The Bertz CT molecular complexity index is 110. The molecule has 1 fully saturated rings. The zero-order valence-corrected chi connectivity index (χ0v) is 10.7. The average Bonchev–Trinajstić information content (AvgIpc) is 1.94. The van der Waals surface area contributed by atoms with Gasteiger partial charge in [0.1, 0.15) is 8.96 Å². The second kappa shape index (κ2) is 4.43. The van der Waals surface area contributed by atoms with E-state index in [1.54, 1.807) is 11.3 Å². The third-order valence-electron chi connectivity index (χ3n) is 3.07. The summed E-state index contributed by atoms with van der Waals surface area (Å²) < 4.78 is 2.83. The van der Waals surface area contributed by atoms with Crippen molar-refractivity contribution in [1.29, 1.82) is 0 Å². The van der Waals surface area contributed by atoms with Crippen LogP contribution in [0.15, 0.2) is 0 Å². The topological polar surface area (TPSA) is 3.24 Å². The van der Waals surface area contributed by atoms with Crippen LogP contribution < -0.4 is 0 Å². The van der Waals surface area contributed by atoms with E-state index in [9.17, 15) is 0 Å². The number of nitrogens with zero attached hydrogens (tertiary/aromatic N) is 1. The van der Waals surface area contributed by atoms with Crippen molar-refractivity contribution in [3.63, 3.8) is 0 Å². The smallest absolute Gasteiger partial charge is 0.106 e. The molecule has 1 rings (SSSR count). The molecule has 3 heteroatoms. The molecule has 0 saturated carbocycles. The van der Waals surface area contributed by atoms with E-state index in [0.29, 0.717) is 9.52 Å². The van der Waals surface area contributed by atoms with Crippen molar-refractivity contribution in [3.05, 3.63) is 0 Å². The lowest BCUT2D eigenvalue weighted by Gasteiger charge is -2.39. The predicted octanol–water partition coefficient (Wildman–Crippen LogP) is 0.928. The summed E-state index contributed by atoms with van der Waals surface area (Å²) in [6, 6.07) is 0.881. The molecule has 1 nitrogen and oxygen atoms in total. The van der Waals surface area contributed by atoms with Crippen molar-refractivity contribution in [2.45, 2.75) is 44.6 Å². The third kappa shape index (κ3) is 2.16. The largest absolute Gasteiger partial charge is 0.324 e. The van der Waals surface area contributed by atoms with E-state index in [0.717, 1.165) is 6.04 Å². The maximum atomic E-state index is 2.83. The first kappa shape index (κ1) is 9.48. The van der Waals surface area contributed by atoms with Crippen LogP contribution in [0.5, 0.6) is 0 Å². The highest BCUT2D eigenvalue weighted by Crippen LogP contribution is 2.18. The Morgan fingerprint density at radius 3 is 2.36 bits per heavy atom. The Kier molecular flexibility index (Phi) is 3.82. The van der Waals surface area contributed by atoms with Crippen LogP contribution in [-0.2, 0) is 0 Å². The molecule has 0 amide bonds. The maximum absolute atomic E-state index is 2.83. The van der Waals surface area contributed by atoms with Gasteiger partial charge in [-0.25, -0.2) is 0 Å². The molecule has 0 aliphatic carbocycles. The average molecular weight is 187 g/mol. The normalized spacial score (nSPS) is 28.9. The fourth-order valence-corrected chi connectivity index (χ4v) is 9.08. The van der Waals surface area contributed by atoms with E-state index in [1.807, 2.05) is 0 Å². The Hall–Kier alpha value is 0.394. The summed E-state index contributed by atoms with van der Waals surface area (Å²) in [6.07, 6.45) is 1.35. The summed E-state index contributed by atoms with van der Waals surface area (Å²) in [5, 5.41) is 0. The molecule has 1 heterocycles. The summed E-state index contributed by atoms with van der Waals surface area (Å²) in [4.78, 5) is 0. The van der Waals surface area contributed by atoms with Crippen molar-refractivity contribution in [1.82, 2.24) is 4.57 Å². The molecular formula is C8H21NSi2. The van der Waals surface area contributed by atoms with Gasteiger partial charge < -0.3 is 4.57 Å². The van der Waals surface area contributed by atoms with E-state index in [4.69, 9.17) is 0 Å². The van der Waals surface area contributed by atoms with Crippen molar-refractivity contribution in [2.75, 3.05) is 6.54 Å². The second-order valence-electron chi connectivity index (χ2n) is 3.67. The zero-order valence-electron chi connectivity index (χ0n) is 8.14. The van der Waals surface area contributed by atoms with E-state index in [2.05, 4.69) is 25.3 Å². The fraction of sp³-hybridized carbons (Fsp3) is 1.00. The van der Waals surface area contributed by atoms with Crippen LogP contribution in [0.2, 0.25) is 11.3 Å². The molecule has 1 atom stereocenters. The van der Waals surface area contributed by atoms with E-state index >= 15 is 0 Å². The van der Waals surface area contributed by atoms with Crippen LogP contribution in [0.3, 0.4) is 0 Å². The van der Waals surface area contributed by atoms with Gasteiger partial charge in [-0.05, 0) is 19.0 Å². The van der Waals surface area contributed by atoms with Gasteiger partial charge in [-0.15, -0.1) is 0 Å². The first-order valence-corrected chi connectivity index (χ1v) is 9.20. The summed E-state index contributed by atoms with van der Waals surface area (Å²) >= 11 is 0. The van der Waals surface area contributed by atoms with Gasteiger partial charge in [-0.1, -0.05) is 32.1 Å². The Balaban J connectivity index is 2.34. The van der Waals surface area contributed by atoms with Crippen molar-refractivity contribution in [3.8, 4) is 0 Å². The molecule has 11 heavy (non-hydrogen) atoms. The molecule has 0 aromatic rings. The summed E-state index contributed by atoms with van der Waals surface area (Å²) in [7, 11) is 0.190. The second-order valence-corrected chi connectivity index (χ2v) is 11.0. The SMILES string of the molecule is CCC(C)N(CC)[SiH]1C[SiH2]C1. The Morgan fingerprint density at radius 1 is 1.45 bits per heavy atom. The van der Waals surface area contributed by atoms with E-state index in [-0.39, 0.29) is 8.96 Å². The minimum absolute atomic E-state index is 0.296. The Labute approximate surface area is 74.7 Å². The van der Waals surface area contributed by atoms with Crippen molar-refractivity contribution >= 4 is 18.5 Å². The molecule has 0 aromatic carbocycles. The van der Waals surface area contributed by atoms with Gasteiger partial charge in [0.05, 0.1) is 0 Å². The quantitative estimate of drug-likeness (QED) is 0.592. The van der Waals surface area contributed by atoms with Gasteiger partial charge in [0.25, 0.3) is 0 Å². The number of hydrogen-bond donors (Lipinski definition) is 0. The maximum Gasteiger partial charge on any atom is 0.106 e. The lowest BCUT2D eigenvalue weighted by atomic mass is 10.3. The van der Waals surface area contributed by atoms with Crippen LogP contribution in [0, 0.1) is 0 Å². The van der Waals surface area contributed by atoms with Crippen LogP contribution in [-0.4, -0.2) is 35.6 Å². The molecule has 1 unspecified atom stereocenters. The molecule has 0 spiro atoms. The molecule has 1 aliphatic rings. The van der Waals surface area contributed by atoms with Gasteiger partial charge in [-0.3, -0.25) is 0 Å². The molecule has 0 aromatic heterocycles. The van der Waals surface area contributed by atoms with Gasteiger partial charge >= 0.3 is 0 Å². The molecule has 1 aliphatic heterocycles. The highest BCUT2D eigenvalue weighted by molar-refractivity contribution is 6.84. The third-order valence-corrected chi connectivity index (χ3v) is 13.5. The first-order valence-electron chi connectivity index (χ1n) is 5.05. The highest BCUT2D eigenvalue weighted by Gasteiger charge is 2.28. The number of hydrogen-bond acceptors (Lipinski definition) is 1. The summed E-state index contributed by atoms with van der Waals surface area (Å²) in [5.41, 5.74) is 3.44. The standard InChI is InChI=1S/C8H21NSi2/c1-4-8(3)9(5-2)11-6-10-7-11/h8,11H,4-7,10H2,1-3H3. The highest BCUT2D eigenvalue weighted by atomic mass is 28.4. The lowest BCUT2D eigenvalue weighted by molar-refractivity contribution is 0.347. The molecule has 66 valence electrons. The van der Waals surface area contributed by atoms with E-state index < -0.39 is 0 Å². The zero-order chi connectivity index (χ0) is 8.27. The van der Waals surface area contributed by atoms with Crippen LogP contribution in [0.25, 0.3) is 0 Å². The minimum atomic E-state index is -0.296. The summed E-state index contributed by atoms with van der Waals surface area (Å²) in [5.74, 6) is 0. The molecule has 0 N–H and O–H groups in total. The number of rotatable bonds is 4. The van der Waals surface area contributed by atoms with E-state index in [1.165, 1.54) is 13.0 Å². The predicted molar refractivity (Wildman–Crippen MR) is 57.4 cm³/mol. The van der Waals surface area contributed by atoms with Crippen LogP contribution >= 0.6 is 0 Å². The first-order chi connectivity index (χ1) is 5.29. The van der Waals surface area contributed by atoms with Crippen molar-refractivity contribution in [2.24, 2.45) is 0 Å². The lowest BCUT2D eigenvalue weighted by Crippen LogP contribution is -2.51. The molecule has 0 bridgehead atoms. The molecule has 1 saturated heterocycles. The fourth-order valence-electron chi connectivity index (χ4n) is 1.88. The molecular weight excluding hydrogens is 166 g/mol. The van der Waals surface area contributed by atoms with Gasteiger partial charge in [0.15, 0.2) is 0 Å². The minimum Gasteiger partial charge on any atom is -0.324 e. The van der Waals surface area contributed by atoms with Gasteiger partial charge in [0.2, 0.25) is 0 Å². The van der Waals surface area contributed by atoms with Gasteiger partial charge in [-0.2, -0.15) is 0 Å². The van der Waals surface area contributed by atoms with Gasteiger partial charge in [0, 0.05) is 9.52 Å². The summed E-state index contributed by atoms with van der Waals surface area (Å²) in [6.45, 7) is 8.37. The Morgan fingerprint density at radius 2 is 2.09 bits per heavy atom. The van der Waals surface area contributed by atoms with Crippen molar-refractivity contribution < 1.29 is 0 Å². The van der Waals surface area contributed by atoms with Crippen LogP contribution in [0.4, 0.5) is 0 Å². The monoisotopic (exact) mass is 187 g/mol.